The Morgan fingerprint density at radius 3 is 2.89 bits per heavy atom. The second-order valence-corrected chi connectivity index (χ2v) is 3.96. The van der Waals surface area contributed by atoms with E-state index in [9.17, 15) is 9.90 Å². The highest BCUT2D eigenvalue weighted by Crippen LogP contribution is 2.28. The Kier molecular flexibility index (Phi) is 5.81. The number of methoxy groups -OCH3 is 1. The second kappa shape index (κ2) is 7.38. The van der Waals surface area contributed by atoms with Gasteiger partial charge in [0, 0.05) is 11.8 Å². The molecule has 0 saturated heterocycles. The topological polar surface area (TPSA) is 105 Å². The van der Waals surface area contributed by atoms with Gasteiger partial charge in [0.05, 0.1) is 7.11 Å². The molecule has 6 nitrogen and oxygen atoms in total. The van der Waals surface area contributed by atoms with Crippen molar-refractivity contribution in [2.45, 2.75) is 18.9 Å². The van der Waals surface area contributed by atoms with Crippen molar-refractivity contribution in [1.29, 1.82) is 0 Å². The number of carboxylic acids is 1. The molecule has 19 heavy (non-hydrogen) atoms. The number of para-hydroxylation sites is 1. The summed E-state index contributed by atoms with van der Waals surface area (Å²) in [5, 5.41) is 18.8. The van der Waals surface area contributed by atoms with Crippen LogP contribution in [-0.2, 0) is 4.79 Å². The minimum atomic E-state index is -1.01. The molecule has 0 radical (unpaired) electrons. The van der Waals surface area contributed by atoms with Gasteiger partial charge in [0.2, 0.25) is 0 Å². The van der Waals surface area contributed by atoms with Gasteiger partial charge < -0.3 is 20.7 Å². The number of nitrogens with two attached hydrogens (primary N) is 1. The highest BCUT2D eigenvalue weighted by atomic mass is 16.5. The van der Waals surface area contributed by atoms with E-state index in [1.54, 1.807) is 18.2 Å². The molecule has 1 aromatic rings. The molecule has 0 spiro atoms. The molecule has 0 aromatic heterocycles. The van der Waals surface area contributed by atoms with E-state index >= 15 is 0 Å². The number of hydrogen-bond donors (Lipinski definition) is 3. The van der Waals surface area contributed by atoms with Gasteiger partial charge in [-0.05, 0) is 31.5 Å². The number of aromatic hydroxyl groups is 1. The highest BCUT2D eigenvalue weighted by Gasteiger charge is 2.14. The van der Waals surface area contributed by atoms with Crippen molar-refractivity contribution in [3.63, 3.8) is 0 Å². The maximum atomic E-state index is 11.0. The quantitative estimate of drug-likeness (QED) is 0.639. The zero-order valence-electron chi connectivity index (χ0n) is 10.7. The van der Waals surface area contributed by atoms with Crippen LogP contribution in [0.3, 0.4) is 0 Å². The number of hydrogen-bond acceptors (Lipinski definition) is 5. The number of ether oxygens (including phenoxy) is 1. The fraction of sp³-hybridized carbons (Fsp3) is 0.385. The average Bonchev–Trinajstić information content (AvgIpc) is 2.40. The Balaban J connectivity index is 2.86. The Hall–Kier alpha value is -2.08. The lowest BCUT2D eigenvalue weighted by Crippen LogP contribution is -2.19. The van der Waals surface area contributed by atoms with Crippen LogP contribution in [0.1, 0.15) is 18.4 Å². The molecular weight excluding hydrogens is 248 g/mol. The van der Waals surface area contributed by atoms with E-state index in [2.05, 4.69) is 4.99 Å². The maximum absolute atomic E-state index is 11.0. The van der Waals surface area contributed by atoms with Crippen LogP contribution in [0.2, 0.25) is 0 Å². The molecule has 0 saturated carbocycles. The molecule has 0 aliphatic heterocycles. The van der Waals surface area contributed by atoms with Crippen molar-refractivity contribution in [1.82, 2.24) is 0 Å². The number of carbonyl (C=O) groups is 1. The van der Waals surface area contributed by atoms with E-state index in [1.165, 1.54) is 13.3 Å². The number of aliphatic carboxylic acids is 1. The van der Waals surface area contributed by atoms with Crippen molar-refractivity contribution in [2.24, 2.45) is 10.7 Å². The minimum absolute atomic E-state index is 0.0586. The third-order valence-electron chi connectivity index (χ3n) is 2.61. The number of nitrogens with zero attached hydrogens (tertiary/aromatic N) is 1. The smallest absolute Gasteiger partial charge is 0.328 e. The van der Waals surface area contributed by atoms with Crippen molar-refractivity contribution >= 4 is 12.2 Å². The summed E-state index contributed by atoms with van der Waals surface area (Å²) in [4.78, 5) is 15.0. The molecule has 0 fully saturated rings. The summed E-state index contributed by atoms with van der Waals surface area (Å²) >= 11 is 0. The molecule has 1 rings (SSSR count). The van der Waals surface area contributed by atoms with E-state index in [1.807, 2.05) is 0 Å². The zero-order chi connectivity index (χ0) is 14.3. The van der Waals surface area contributed by atoms with Gasteiger partial charge in [-0.3, -0.25) is 4.99 Å². The average molecular weight is 266 g/mol. The third-order valence-corrected chi connectivity index (χ3v) is 2.61. The number of aliphatic imine (C=N–C) groups is 1. The van der Waals surface area contributed by atoms with Crippen molar-refractivity contribution in [3.05, 3.63) is 23.8 Å². The van der Waals surface area contributed by atoms with Crippen molar-refractivity contribution < 1.29 is 19.7 Å². The summed E-state index contributed by atoms with van der Waals surface area (Å²) in [5.74, 6) is -0.749. The molecule has 0 aliphatic rings. The minimum Gasteiger partial charge on any atom is -0.504 e. The molecule has 0 aliphatic carbocycles. The summed E-state index contributed by atoms with van der Waals surface area (Å²) in [5.41, 5.74) is 5.76. The first kappa shape index (κ1) is 15.0. The Morgan fingerprint density at radius 2 is 2.32 bits per heavy atom. The maximum Gasteiger partial charge on any atom is 0.328 e. The van der Waals surface area contributed by atoms with Crippen LogP contribution in [0.15, 0.2) is 23.2 Å². The van der Waals surface area contributed by atoms with E-state index in [0.717, 1.165) is 0 Å². The molecule has 4 N–H and O–H groups in total. The molecule has 6 heteroatoms. The predicted molar refractivity (Wildman–Crippen MR) is 72.0 cm³/mol. The van der Waals surface area contributed by atoms with E-state index < -0.39 is 12.0 Å². The van der Waals surface area contributed by atoms with Gasteiger partial charge in [-0.25, -0.2) is 4.79 Å². The van der Waals surface area contributed by atoms with Crippen LogP contribution in [-0.4, -0.2) is 42.1 Å². The summed E-state index contributed by atoms with van der Waals surface area (Å²) in [6, 6.07) is 4.07. The molecule has 0 bridgehead atoms. The van der Waals surface area contributed by atoms with Gasteiger partial charge in [0.15, 0.2) is 11.5 Å². The summed E-state index contributed by atoms with van der Waals surface area (Å²) in [6.45, 7) is 0.420. The van der Waals surface area contributed by atoms with Crippen LogP contribution in [0.5, 0.6) is 11.5 Å². The van der Waals surface area contributed by atoms with Gasteiger partial charge in [-0.2, -0.15) is 0 Å². The van der Waals surface area contributed by atoms with Crippen molar-refractivity contribution in [3.8, 4) is 11.5 Å². The summed E-state index contributed by atoms with van der Waals surface area (Å²) < 4.78 is 4.96. The standard InChI is InChI=1S/C13H18N2O4/c1-19-11-6-2-4-9(12(11)16)8-15-10(13(17)18)5-3-7-14/h2,4,6,8,10,16H,3,5,7,14H2,1H3,(H,17,18)/t10-/m0/s1. The second-order valence-electron chi connectivity index (χ2n) is 3.96. The number of phenolic OH excluding ortho intramolecular Hbond substituents is 1. The molecule has 0 heterocycles. The molecule has 0 amide bonds. The van der Waals surface area contributed by atoms with Crippen LogP contribution >= 0.6 is 0 Å². The molecule has 1 atom stereocenters. The van der Waals surface area contributed by atoms with Gasteiger partial charge >= 0.3 is 5.97 Å². The van der Waals surface area contributed by atoms with E-state index in [-0.39, 0.29) is 5.75 Å². The summed E-state index contributed by atoms with van der Waals surface area (Å²) in [7, 11) is 1.44. The van der Waals surface area contributed by atoms with Gasteiger partial charge in [0.1, 0.15) is 6.04 Å². The number of carboxylic acid groups (broad SMARTS) is 1. The Bertz CT molecular complexity index is 460. The fourth-order valence-electron chi connectivity index (χ4n) is 1.55. The Labute approximate surface area is 111 Å². The lowest BCUT2D eigenvalue weighted by molar-refractivity contribution is -0.138. The normalized spacial score (nSPS) is 12.5. The van der Waals surface area contributed by atoms with Crippen LogP contribution in [0.25, 0.3) is 0 Å². The summed E-state index contributed by atoms with van der Waals surface area (Å²) in [6.07, 6.45) is 2.29. The number of rotatable bonds is 7. The zero-order valence-corrected chi connectivity index (χ0v) is 10.7. The van der Waals surface area contributed by atoms with E-state index in [0.29, 0.717) is 30.7 Å². The van der Waals surface area contributed by atoms with Gasteiger partial charge in [-0.1, -0.05) is 6.07 Å². The molecule has 0 unspecified atom stereocenters. The monoisotopic (exact) mass is 266 g/mol. The van der Waals surface area contributed by atoms with Crippen LogP contribution < -0.4 is 10.5 Å². The lowest BCUT2D eigenvalue weighted by atomic mass is 10.1. The number of phenols is 1. The van der Waals surface area contributed by atoms with Gasteiger partial charge in [-0.15, -0.1) is 0 Å². The highest BCUT2D eigenvalue weighted by molar-refractivity contribution is 5.87. The van der Waals surface area contributed by atoms with E-state index in [4.69, 9.17) is 15.6 Å². The lowest BCUT2D eigenvalue weighted by Gasteiger charge is -2.07. The van der Waals surface area contributed by atoms with Crippen LogP contribution in [0, 0.1) is 0 Å². The first-order valence-corrected chi connectivity index (χ1v) is 5.92. The first-order valence-electron chi connectivity index (χ1n) is 5.92. The number of benzene rings is 1. The SMILES string of the molecule is COc1cccc(C=N[C@@H](CCCN)C(=O)O)c1O. The first-order chi connectivity index (χ1) is 9.10. The molecule has 104 valence electrons. The van der Waals surface area contributed by atoms with Crippen molar-refractivity contribution in [2.75, 3.05) is 13.7 Å². The largest absolute Gasteiger partial charge is 0.504 e. The van der Waals surface area contributed by atoms with Crippen LogP contribution in [0.4, 0.5) is 0 Å². The van der Waals surface area contributed by atoms with Gasteiger partial charge in [0.25, 0.3) is 0 Å². The molecular formula is C13H18N2O4. The predicted octanol–water partition coefficient (Wildman–Crippen LogP) is 1.01. The Morgan fingerprint density at radius 1 is 1.58 bits per heavy atom. The molecule has 1 aromatic carbocycles. The third kappa shape index (κ3) is 4.26. The fourth-order valence-corrected chi connectivity index (χ4v) is 1.55.